The first kappa shape index (κ1) is 25.2. The molecule has 1 atom stereocenters. The number of fused-ring (bicyclic) bond motifs is 1. The second-order valence-corrected chi connectivity index (χ2v) is 9.66. The molecule has 3 aromatic heterocycles. The van der Waals surface area contributed by atoms with E-state index < -0.39 is 38.8 Å². The van der Waals surface area contributed by atoms with Crippen LogP contribution in [0.15, 0.2) is 53.7 Å². The van der Waals surface area contributed by atoms with Crippen molar-refractivity contribution in [3.8, 4) is 23.1 Å². The van der Waals surface area contributed by atoms with E-state index in [0.717, 1.165) is 24.4 Å². The lowest BCUT2D eigenvalue weighted by molar-refractivity contribution is -0.147. The Hall–Kier alpha value is -3.89. The molecule has 1 aromatic carbocycles. The van der Waals surface area contributed by atoms with Gasteiger partial charge >= 0.3 is 6.18 Å². The number of hydrogen-bond donors (Lipinski definition) is 1. The Kier molecular flexibility index (Phi) is 6.27. The third-order valence-corrected chi connectivity index (χ3v) is 6.80. The Morgan fingerprint density at radius 3 is 2.28 bits per heavy atom. The maximum Gasteiger partial charge on any atom is 0.404 e. The van der Waals surface area contributed by atoms with Gasteiger partial charge in [0.25, 0.3) is 0 Å². The highest BCUT2D eigenvalue weighted by Gasteiger charge is 2.39. The van der Waals surface area contributed by atoms with Crippen molar-refractivity contribution in [3.63, 3.8) is 0 Å². The number of aryl methyl sites for hydroxylation is 1. The SMILES string of the molecule is Cc1cnc2c(c1)c(C#N)c(-c1ccc(S(=O)(=O)NC(C)C(F)(F)F)cn1)n2-c1cc(F)cc(F)c1. The zero-order valence-corrected chi connectivity index (χ0v) is 19.4. The fourth-order valence-corrected chi connectivity index (χ4v) is 4.77. The fourth-order valence-electron chi connectivity index (χ4n) is 3.59. The number of aromatic nitrogens is 3. The summed E-state index contributed by atoms with van der Waals surface area (Å²) >= 11 is 0. The smallest absolute Gasteiger partial charge is 0.291 e. The van der Waals surface area contributed by atoms with Crippen molar-refractivity contribution in [3.05, 3.63) is 71.6 Å². The molecule has 186 valence electrons. The summed E-state index contributed by atoms with van der Waals surface area (Å²) in [6.45, 7) is 2.39. The fraction of sp³-hybridized carbons (Fsp3) is 0.174. The molecule has 36 heavy (non-hydrogen) atoms. The summed E-state index contributed by atoms with van der Waals surface area (Å²) in [7, 11) is -4.58. The van der Waals surface area contributed by atoms with Crippen LogP contribution in [-0.2, 0) is 10.0 Å². The van der Waals surface area contributed by atoms with E-state index in [1.165, 1.54) is 21.6 Å². The molecule has 0 amide bonds. The van der Waals surface area contributed by atoms with E-state index in [2.05, 4.69) is 9.97 Å². The molecular formula is C23H16F5N5O2S. The predicted molar refractivity (Wildman–Crippen MR) is 120 cm³/mol. The average Bonchev–Trinajstić information content (AvgIpc) is 3.11. The molecule has 0 fully saturated rings. The van der Waals surface area contributed by atoms with Crippen LogP contribution in [0.5, 0.6) is 0 Å². The number of rotatable bonds is 5. The highest BCUT2D eigenvalue weighted by Crippen LogP contribution is 2.35. The van der Waals surface area contributed by atoms with Gasteiger partial charge in [-0.1, -0.05) is 0 Å². The van der Waals surface area contributed by atoms with Crippen molar-refractivity contribution in [2.45, 2.75) is 31.0 Å². The molecular weight excluding hydrogens is 505 g/mol. The van der Waals surface area contributed by atoms with Gasteiger partial charge in [0.1, 0.15) is 34.3 Å². The quantitative estimate of drug-likeness (QED) is 0.381. The topological polar surface area (TPSA) is 101 Å². The predicted octanol–water partition coefficient (Wildman–Crippen LogP) is 4.77. The van der Waals surface area contributed by atoms with E-state index in [1.54, 1.807) is 13.0 Å². The van der Waals surface area contributed by atoms with Crippen LogP contribution >= 0.6 is 0 Å². The van der Waals surface area contributed by atoms with Gasteiger partial charge in [-0.25, -0.2) is 22.2 Å². The molecule has 0 aliphatic rings. The summed E-state index contributed by atoms with van der Waals surface area (Å²) in [5, 5.41) is 10.3. The Labute approximate surface area is 201 Å². The van der Waals surface area contributed by atoms with Crippen molar-refractivity contribution in [1.29, 1.82) is 5.26 Å². The van der Waals surface area contributed by atoms with Crippen LogP contribution in [0.2, 0.25) is 0 Å². The number of benzene rings is 1. The average molecular weight is 521 g/mol. The summed E-state index contributed by atoms with van der Waals surface area (Å²) in [6.07, 6.45) is -2.47. The normalized spacial score (nSPS) is 13.1. The molecule has 7 nitrogen and oxygen atoms in total. The molecule has 0 saturated heterocycles. The molecule has 0 saturated carbocycles. The zero-order chi connectivity index (χ0) is 26.4. The van der Waals surface area contributed by atoms with Gasteiger partial charge in [-0.3, -0.25) is 9.55 Å². The lowest BCUT2D eigenvalue weighted by Gasteiger charge is -2.17. The molecule has 0 aliphatic heterocycles. The largest absolute Gasteiger partial charge is 0.404 e. The Morgan fingerprint density at radius 1 is 1.06 bits per heavy atom. The minimum Gasteiger partial charge on any atom is -0.291 e. The first-order valence-corrected chi connectivity index (χ1v) is 11.7. The van der Waals surface area contributed by atoms with Crippen molar-refractivity contribution in [1.82, 2.24) is 19.3 Å². The number of pyridine rings is 2. The molecule has 0 spiro atoms. The van der Waals surface area contributed by atoms with Gasteiger partial charge in [-0.05, 0) is 49.7 Å². The van der Waals surface area contributed by atoms with E-state index in [1.807, 2.05) is 6.07 Å². The summed E-state index contributed by atoms with van der Waals surface area (Å²) in [4.78, 5) is 7.82. The van der Waals surface area contributed by atoms with Crippen molar-refractivity contribution < 1.29 is 30.4 Å². The van der Waals surface area contributed by atoms with E-state index in [4.69, 9.17) is 0 Å². The molecule has 0 aliphatic carbocycles. The van der Waals surface area contributed by atoms with E-state index in [-0.39, 0.29) is 28.3 Å². The maximum atomic E-state index is 14.1. The second kappa shape index (κ2) is 8.96. The molecule has 3 heterocycles. The molecule has 0 radical (unpaired) electrons. The van der Waals surface area contributed by atoms with Crippen molar-refractivity contribution in [2.24, 2.45) is 0 Å². The van der Waals surface area contributed by atoms with Gasteiger partial charge in [0.15, 0.2) is 0 Å². The van der Waals surface area contributed by atoms with Crippen molar-refractivity contribution >= 4 is 21.1 Å². The van der Waals surface area contributed by atoms with Crippen LogP contribution in [-0.4, -0.2) is 35.2 Å². The number of nitrogens with one attached hydrogen (secondary N) is 1. The Balaban J connectivity index is 1.91. The lowest BCUT2D eigenvalue weighted by Crippen LogP contribution is -2.42. The Morgan fingerprint density at radius 2 is 1.72 bits per heavy atom. The minimum absolute atomic E-state index is 0.00970. The van der Waals surface area contributed by atoms with Crippen molar-refractivity contribution in [2.75, 3.05) is 0 Å². The first-order valence-electron chi connectivity index (χ1n) is 10.2. The van der Waals surface area contributed by atoms with Crippen LogP contribution in [0.3, 0.4) is 0 Å². The first-order chi connectivity index (χ1) is 16.8. The van der Waals surface area contributed by atoms with Gasteiger partial charge in [0, 0.05) is 23.8 Å². The molecule has 4 aromatic rings. The number of nitrogens with zero attached hydrogens (tertiary/aromatic N) is 4. The van der Waals surface area contributed by atoms with Gasteiger partial charge in [0.05, 0.1) is 22.6 Å². The van der Waals surface area contributed by atoms with E-state index in [9.17, 15) is 35.6 Å². The van der Waals surface area contributed by atoms with Crippen LogP contribution in [0.1, 0.15) is 18.1 Å². The van der Waals surface area contributed by atoms with Crippen LogP contribution in [0.25, 0.3) is 28.1 Å². The van der Waals surface area contributed by atoms with E-state index >= 15 is 0 Å². The minimum atomic E-state index is -4.80. The second-order valence-electron chi connectivity index (χ2n) is 7.95. The van der Waals surface area contributed by atoms with Gasteiger partial charge in [-0.15, -0.1) is 0 Å². The molecule has 1 N–H and O–H groups in total. The number of nitriles is 1. The molecule has 0 bridgehead atoms. The van der Waals surface area contributed by atoms with Gasteiger partial charge in [-0.2, -0.15) is 23.2 Å². The highest BCUT2D eigenvalue weighted by molar-refractivity contribution is 7.89. The Bertz CT molecular complexity index is 1600. The maximum absolute atomic E-state index is 14.1. The third kappa shape index (κ3) is 4.65. The standard InChI is InChI=1S/C23H16F5N5O2S/c1-12-5-18-19(9-29)21(33(22(18)31-10-12)16-7-14(24)6-15(25)8-16)20-4-3-17(11-30-20)36(34,35)32-13(2)23(26,27)28/h3-8,10-11,13,32H,1-2H3. The molecule has 13 heteroatoms. The zero-order valence-electron chi connectivity index (χ0n) is 18.6. The van der Waals surface area contributed by atoms with Crippen LogP contribution in [0, 0.1) is 29.9 Å². The van der Waals surface area contributed by atoms with Gasteiger partial charge < -0.3 is 0 Å². The summed E-state index contributed by atoms with van der Waals surface area (Å²) in [5.74, 6) is -1.77. The van der Waals surface area contributed by atoms with Gasteiger partial charge in [0.2, 0.25) is 10.0 Å². The number of hydrogen-bond acceptors (Lipinski definition) is 5. The van der Waals surface area contributed by atoms with Crippen LogP contribution in [0.4, 0.5) is 22.0 Å². The number of sulfonamides is 1. The highest BCUT2D eigenvalue weighted by atomic mass is 32.2. The van der Waals surface area contributed by atoms with Crippen LogP contribution < -0.4 is 4.72 Å². The summed E-state index contributed by atoms with van der Waals surface area (Å²) < 4.78 is 94.2. The summed E-state index contributed by atoms with van der Waals surface area (Å²) in [5.41, 5.74) is 1.02. The number of halogens is 5. The molecule has 1 unspecified atom stereocenters. The monoisotopic (exact) mass is 521 g/mol. The van der Waals surface area contributed by atoms with E-state index in [0.29, 0.717) is 23.9 Å². The summed E-state index contributed by atoms with van der Waals surface area (Å²) in [6, 6.07) is 6.25. The lowest BCUT2D eigenvalue weighted by atomic mass is 10.1. The third-order valence-electron chi connectivity index (χ3n) is 5.27. The molecule has 4 rings (SSSR count). The number of alkyl halides is 3.